The van der Waals surface area contributed by atoms with Crippen LogP contribution in [-0.2, 0) is 11.3 Å². The highest BCUT2D eigenvalue weighted by Crippen LogP contribution is 2.23. The van der Waals surface area contributed by atoms with Crippen molar-refractivity contribution in [2.45, 2.75) is 32.4 Å². The lowest BCUT2D eigenvalue weighted by Gasteiger charge is -2.23. The van der Waals surface area contributed by atoms with Gasteiger partial charge in [0.25, 0.3) is 5.91 Å². The number of rotatable bonds is 4. The normalized spacial score (nSPS) is 17.7. The molecule has 1 saturated heterocycles. The van der Waals surface area contributed by atoms with Crippen molar-refractivity contribution in [2.75, 3.05) is 11.9 Å². The van der Waals surface area contributed by atoms with Gasteiger partial charge in [0.2, 0.25) is 5.91 Å². The molecule has 22 heavy (non-hydrogen) atoms. The Morgan fingerprint density at radius 1 is 1.50 bits per heavy atom. The van der Waals surface area contributed by atoms with Crippen LogP contribution >= 0.6 is 11.3 Å². The second-order valence-corrected chi connectivity index (χ2v) is 6.10. The molecule has 3 rings (SSSR count). The van der Waals surface area contributed by atoms with Crippen LogP contribution in [0.2, 0.25) is 0 Å². The Labute approximate surface area is 132 Å². The molecule has 2 aromatic rings. The lowest BCUT2D eigenvalue weighted by atomic mass is 10.2. The lowest BCUT2D eigenvalue weighted by Crippen LogP contribution is -2.38. The first kappa shape index (κ1) is 14.7. The van der Waals surface area contributed by atoms with Crippen LogP contribution in [0.4, 0.5) is 5.13 Å². The minimum Gasteiger partial charge on any atom is -0.332 e. The third-order valence-corrected chi connectivity index (χ3v) is 4.36. The Bertz CT molecular complexity index is 667. The molecular formula is C14H17N5O2S. The van der Waals surface area contributed by atoms with Gasteiger partial charge in [0.05, 0.1) is 12.6 Å². The van der Waals surface area contributed by atoms with Gasteiger partial charge < -0.3 is 10.2 Å². The SMILES string of the molecule is CC(=O)Nc1nc(C(=O)N2CCC[C@H]2Cn2cccn2)cs1. The van der Waals surface area contributed by atoms with E-state index in [1.54, 1.807) is 11.6 Å². The average Bonchev–Trinajstić information content (AvgIpc) is 3.19. The van der Waals surface area contributed by atoms with Crippen LogP contribution in [0.1, 0.15) is 30.3 Å². The van der Waals surface area contributed by atoms with Crippen molar-refractivity contribution in [3.63, 3.8) is 0 Å². The molecule has 2 aromatic heterocycles. The Morgan fingerprint density at radius 3 is 3.09 bits per heavy atom. The molecule has 0 aliphatic carbocycles. The molecule has 0 unspecified atom stereocenters. The topological polar surface area (TPSA) is 80.1 Å². The number of hydrogen-bond acceptors (Lipinski definition) is 5. The van der Waals surface area contributed by atoms with Crippen LogP contribution in [0, 0.1) is 0 Å². The van der Waals surface area contributed by atoms with Gasteiger partial charge in [-0.2, -0.15) is 5.10 Å². The Morgan fingerprint density at radius 2 is 2.36 bits per heavy atom. The minimum absolute atomic E-state index is 0.0810. The summed E-state index contributed by atoms with van der Waals surface area (Å²) in [7, 11) is 0. The van der Waals surface area contributed by atoms with E-state index >= 15 is 0 Å². The maximum Gasteiger partial charge on any atom is 0.273 e. The third-order valence-electron chi connectivity index (χ3n) is 3.60. The fraction of sp³-hybridized carbons (Fsp3) is 0.429. The zero-order chi connectivity index (χ0) is 15.5. The maximum atomic E-state index is 12.6. The van der Waals surface area contributed by atoms with Crippen LogP contribution in [0.3, 0.4) is 0 Å². The molecular weight excluding hydrogens is 302 g/mol. The predicted molar refractivity (Wildman–Crippen MR) is 82.7 cm³/mol. The number of aromatic nitrogens is 3. The molecule has 7 nitrogen and oxygen atoms in total. The second kappa shape index (κ2) is 6.27. The van der Waals surface area contributed by atoms with Gasteiger partial charge in [0.1, 0.15) is 5.69 Å². The molecule has 1 aliphatic heterocycles. The highest BCUT2D eigenvalue weighted by Gasteiger charge is 2.31. The van der Waals surface area contributed by atoms with Gasteiger partial charge in [0.15, 0.2) is 5.13 Å². The summed E-state index contributed by atoms with van der Waals surface area (Å²) in [5.41, 5.74) is 0.390. The highest BCUT2D eigenvalue weighted by molar-refractivity contribution is 7.14. The molecule has 2 amide bonds. The number of amides is 2. The van der Waals surface area contributed by atoms with Crippen LogP contribution in [-0.4, -0.2) is 44.1 Å². The van der Waals surface area contributed by atoms with Crippen molar-refractivity contribution in [2.24, 2.45) is 0 Å². The molecule has 1 aliphatic rings. The summed E-state index contributed by atoms with van der Waals surface area (Å²) in [4.78, 5) is 29.7. The summed E-state index contributed by atoms with van der Waals surface area (Å²) in [5.74, 6) is -0.270. The zero-order valence-electron chi connectivity index (χ0n) is 12.2. The summed E-state index contributed by atoms with van der Waals surface area (Å²) in [6.07, 6.45) is 5.59. The number of hydrogen-bond donors (Lipinski definition) is 1. The number of carbonyl (C=O) groups is 2. The molecule has 116 valence electrons. The van der Waals surface area contributed by atoms with Gasteiger partial charge in [-0.1, -0.05) is 0 Å². The number of anilines is 1. The maximum absolute atomic E-state index is 12.6. The first-order valence-electron chi connectivity index (χ1n) is 7.15. The summed E-state index contributed by atoms with van der Waals surface area (Å²) >= 11 is 1.26. The largest absolute Gasteiger partial charge is 0.332 e. The Kier molecular flexibility index (Phi) is 4.19. The second-order valence-electron chi connectivity index (χ2n) is 5.24. The van der Waals surface area contributed by atoms with Gasteiger partial charge in [-0.05, 0) is 18.9 Å². The first-order chi connectivity index (χ1) is 10.6. The Balaban J connectivity index is 1.70. The average molecular weight is 319 g/mol. The van der Waals surface area contributed by atoms with Crippen LogP contribution in [0.5, 0.6) is 0 Å². The Hall–Kier alpha value is -2.22. The van der Waals surface area contributed by atoms with Gasteiger partial charge in [-0.25, -0.2) is 4.98 Å². The molecule has 0 aromatic carbocycles. The van der Waals surface area contributed by atoms with E-state index in [0.29, 0.717) is 17.4 Å². The molecule has 0 saturated carbocycles. The van der Waals surface area contributed by atoms with Crippen LogP contribution in [0.15, 0.2) is 23.8 Å². The van der Waals surface area contributed by atoms with Crippen molar-refractivity contribution >= 4 is 28.3 Å². The van der Waals surface area contributed by atoms with Gasteiger partial charge >= 0.3 is 0 Å². The van der Waals surface area contributed by atoms with E-state index in [-0.39, 0.29) is 17.9 Å². The smallest absolute Gasteiger partial charge is 0.273 e. The van der Waals surface area contributed by atoms with Gasteiger partial charge in [-0.15, -0.1) is 11.3 Å². The predicted octanol–water partition coefficient (Wildman–Crippen LogP) is 1.60. The van der Waals surface area contributed by atoms with Crippen LogP contribution < -0.4 is 5.32 Å². The van der Waals surface area contributed by atoms with E-state index in [4.69, 9.17) is 0 Å². The van der Waals surface area contributed by atoms with E-state index in [9.17, 15) is 9.59 Å². The summed E-state index contributed by atoms with van der Waals surface area (Å²) < 4.78 is 1.85. The third kappa shape index (κ3) is 3.16. The van der Waals surface area contributed by atoms with Crippen molar-refractivity contribution in [1.82, 2.24) is 19.7 Å². The van der Waals surface area contributed by atoms with E-state index in [1.807, 2.05) is 21.8 Å². The first-order valence-corrected chi connectivity index (χ1v) is 8.03. The number of nitrogens with one attached hydrogen (secondary N) is 1. The van der Waals surface area contributed by atoms with Crippen molar-refractivity contribution in [1.29, 1.82) is 0 Å². The quantitative estimate of drug-likeness (QED) is 0.928. The zero-order valence-corrected chi connectivity index (χ0v) is 13.0. The summed E-state index contributed by atoms with van der Waals surface area (Å²) in [6.45, 7) is 2.85. The number of carbonyl (C=O) groups excluding carboxylic acids is 2. The lowest BCUT2D eigenvalue weighted by molar-refractivity contribution is -0.114. The van der Waals surface area contributed by atoms with Crippen molar-refractivity contribution in [3.8, 4) is 0 Å². The molecule has 8 heteroatoms. The molecule has 1 N–H and O–H groups in total. The number of thiazole rings is 1. The van der Waals surface area contributed by atoms with E-state index < -0.39 is 0 Å². The molecule has 1 fully saturated rings. The molecule has 3 heterocycles. The van der Waals surface area contributed by atoms with E-state index in [0.717, 1.165) is 19.4 Å². The fourth-order valence-corrected chi connectivity index (χ4v) is 3.37. The molecule has 1 atom stereocenters. The van der Waals surface area contributed by atoms with Gasteiger partial charge in [-0.3, -0.25) is 14.3 Å². The summed E-state index contributed by atoms with van der Waals surface area (Å²) in [6, 6.07) is 2.01. The fourth-order valence-electron chi connectivity index (χ4n) is 2.64. The van der Waals surface area contributed by atoms with Crippen molar-refractivity contribution in [3.05, 3.63) is 29.5 Å². The van der Waals surface area contributed by atoms with Gasteiger partial charge in [0, 0.05) is 31.2 Å². The standard InChI is InChI=1S/C14H17N5O2S/c1-10(20)16-14-17-12(9-22-14)13(21)19-7-2-4-11(19)8-18-6-3-5-15-18/h3,5-6,9,11H,2,4,7-8H2,1H3,(H,16,17,20)/t11-/m0/s1. The molecule has 0 bridgehead atoms. The monoisotopic (exact) mass is 319 g/mol. The highest BCUT2D eigenvalue weighted by atomic mass is 32.1. The summed E-state index contributed by atoms with van der Waals surface area (Å²) in [5, 5.41) is 8.95. The van der Waals surface area contributed by atoms with Crippen molar-refractivity contribution < 1.29 is 9.59 Å². The number of nitrogens with zero attached hydrogens (tertiary/aromatic N) is 4. The molecule has 0 radical (unpaired) electrons. The number of likely N-dealkylation sites (tertiary alicyclic amines) is 1. The van der Waals surface area contributed by atoms with Crippen LogP contribution in [0.25, 0.3) is 0 Å². The molecule has 0 spiro atoms. The van der Waals surface area contributed by atoms with E-state index in [1.165, 1.54) is 18.3 Å². The minimum atomic E-state index is -0.189. The van der Waals surface area contributed by atoms with E-state index in [2.05, 4.69) is 15.4 Å².